The van der Waals surface area contributed by atoms with Crippen LogP contribution in [0.1, 0.15) is 36.8 Å². The van der Waals surface area contributed by atoms with Gasteiger partial charge in [-0.05, 0) is 43.4 Å². The normalized spacial score (nSPS) is 22.8. The maximum atomic E-state index is 9.06. The van der Waals surface area contributed by atoms with Crippen LogP contribution in [0.2, 0.25) is 0 Å². The standard InChI is InChI=1S/C15H21N3O/c1-19-15-7-2-11(8-12(15)9-16)10-18-14-5-3-13(17)4-6-14/h2,7-8,13-14,18H,3-6,10,17H2,1H3. The van der Waals surface area contributed by atoms with Gasteiger partial charge in [-0.1, -0.05) is 6.07 Å². The molecule has 0 aliphatic heterocycles. The Hall–Kier alpha value is -1.57. The second kappa shape index (κ2) is 6.55. The second-order valence-corrected chi connectivity index (χ2v) is 5.14. The van der Waals surface area contributed by atoms with Gasteiger partial charge in [0.15, 0.2) is 0 Å². The summed E-state index contributed by atoms with van der Waals surface area (Å²) in [6, 6.07) is 8.83. The van der Waals surface area contributed by atoms with Gasteiger partial charge in [0.2, 0.25) is 0 Å². The zero-order valence-electron chi connectivity index (χ0n) is 11.4. The van der Waals surface area contributed by atoms with Gasteiger partial charge in [0.05, 0.1) is 12.7 Å². The Morgan fingerprint density at radius 1 is 1.37 bits per heavy atom. The lowest BCUT2D eigenvalue weighted by atomic mass is 9.92. The lowest BCUT2D eigenvalue weighted by molar-refractivity contribution is 0.341. The van der Waals surface area contributed by atoms with Gasteiger partial charge in [0.25, 0.3) is 0 Å². The van der Waals surface area contributed by atoms with E-state index in [4.69, 9.17) is 15.7 Å². The van der Waals surface area contributed by atoms with Crippen LogP contribution in [-0.4, -0.2) is 19.2 Å². The van der Waals surface area contributed by atoms with E-state index in [-0.39, 0.29) is 0 Å². The summed E-state index contributed by atoms with van der Waals surface area (Å²) in [6.45, 7) is 0.790. The summed E-state index contributed by atoms with van der Waals surface area (Å²) >= 11 is 0. The number of rotatable bonds is 4. The van der Waals surface area contributed by atoms with Gasteiger partial charge in [-0.3, -0.25) is 0 Å². The zero-order valence-corrected chi connectivity index (χ0v) is 11.4. The van der Waals surface area contributed by atoms with E-state index in [0.29, 0.717) is 23.4 Å². The third kappa shape index (κ3) is 3.69. The second-order valence-electron chi connectivity index (χ2n) is 5.14. The van der Waals surface area contributed by atoms with Crippen LogP contribution in [0.4, 0.5) is 0 Å². The highest BCUT2D eigenvalue weighted by molar-refractivity contribution is 5.45. The molecule has 0 radical (unpaired) electrons. The highest BCUT2D eigenvalue weighted by atomic mass is 16.5. The molecule has 4 nitrogen and oxygen atoms in total. The van der Waals surface area contributed by atoms with Crippen LogP contribution in [0.15, 0.2) is 18.2 Å². The molecule has 0 aromatic heterocycles. The van der Waals surface area contributed by atoms with Gasteiger partial charge in [0.1, 0.15) is 11.8 Å². The number of nitrogens with one attached hydrogen (secondary N) is 1. The number of methoxy groups -OCH3 is 1. The molecule has 2 rings (SSSR count). The molecule has 1 aromatic rings. The molecule has 1 saturated carbocycles. The average Bonchev–Trinajstić information content (AvgIpc) is 2.46. The van der Waals surface area contributed by atoms with E-state index in [1.165, 1.54) is 0 Å². The molecule has 3 N–H and O–H groups in total. The molecule has 102 valence electrons. The van der Waals surface area contributed by atoms with Gasteiger partial charge >= 0.3 is 0 Å². The Kier molecular flexibility index (Phi) is 4.78. The number of ether oxygens (including phenoxy) is 1. The van der Waals surface area contributed by atoms with E-state index in [9.17, 15) is 0 Å². The largest absolute Gasteiger partial charge is 0.495 e. The molecular formula is C15H21N3O. The summed E-state index contributed by atoms with van der Waals surface area (Å²) in [5.74, 6) is 0.634. The van der Waals surface area contributed by atoms with Crippen LogP contribution in [0.5, 0.6) is 5.75 Å². The number of hydrogen-bond acceptors (Lipinski definition) is 4. The lowest BCUT2D eigenvalue weighted by Gasteiger charge is -2.27. The van der Waals surface area contributed by atoms with Crippen LogP contribution in [0.3, 0.4) is 0 Å². The topological polar surface area (TPSA) is 71.1 Å². The molecular weight excluding hydrogens is 238 g/mol. The number of nitrogens with zero attached hydrogens (tertiary/aromatic N) is 1. The molecule has 19 heavy (non-hydrogen) atoms. The van der Waals surface area contributed by atoms with Gasteiger partial charge < -0.3 is 15.8 Å². The molecule has 0 saturated heterocycles. The van der Waals surface area contributed by atoms with E-state index in [2.05, 4.69) is 11.4 Å². The van der Waals surface area contributed by atoms with E-state index in [1.807, 2.05) is 18.2 Å². The van der Waals surface area contributed by atoms with Crippen molar-refractivity contribution in [3.05, 3.63) is 29.3 Å². The van der Waals surface area contributed by atoms with E-state index >= 15 is 0 Å². The molecule has 1 aliphatic carbocycles. The minimum Gasteiger partial charge on any atom is -0.495 e. The molecule has 0 atom stereocenters. The molecule has 0 spiro atoms. The van der Waals surface area contributed by atoms with Gasteiger partial charge in [0, 0.05) is 18.6 Å². The summed E-state index contributed by atoms with van der Waals surface area (Å²) in [4.78, 5) is 0. The minimum absolute atomic E-state index is 0.379. The zero-order chi connectivity index (χ0) is 13.7. The Balaban J connectivity index is 1.91. The van der Waals surface area contributed by atoms with E-state index < -0.39 is 0 Å². The van der Waals surface area contributed by atoms with Gasteiger partial charge in [-0.25, -0.2) is 0 Å². The summed E-state index contributed by atoms with van der Waals surface area (Å²) < 4.78 is 5.14. The van der Waals surface area contributed by atoms with Crippen LogP contribution in [0, 0.1) is 11.3 Å². The van der Waals surface area contributed by atoms with Crippen molar-refractivity contribution in [3.8, 4) is 11.8 Å². The van der Waals surface area contributed by atoms with Crippen molar-refractivity contribution in [2.24, 2.45) is 5.73 Å². The average molecular weight is 259 g/mol. The molecule has 0 amide bonds. The first-order valence-electron chi connectivity index (χ1n) is 6.79. The van der Waals surface area contributed by atoms with Crippen LogP contribution < -0.4 is 15.8 Å². The Bertz CT molecular complexity index is 459. The fourth-order valence-electron chi connectivity index (χ4n) is 2.54. The van der Waals surface area contributed by atoms with Crippen molar-refractivity contribution in [2.75, 3.05) is 7.11 Å². The van der Waals surface area contributed by atoms with Gasteiger partial charge in [-0.15, -0.1) is 0 Å². The lowest BCUT2D eigenvalue weighted by Crippen LogP contribution is -2.37. The van der Waals surface area contributed by atoms with Crippen LogP contribution >= 0.6 is 0 Å². The monoisotopic (exact) mass is 259 g/mol. The first-order valence-corrected chi connectivity index (χ1v) is 6.79. The predicted molar refractivity (Wildman–Crippen MR) is 74.8 cm³/mol. The molecule has 4 heteroatoms. The molecule has 0 unspecified atom stereocenters. The van der Waals surface area contributed by atoms with E-state index in [1.54, 1.807) is 7.11 Å². The first-order chi connectivity index (χ1) is 9.22. The minimum atomic E-state index is 0.379. The van der Waals surface area contributed by atoms with Crippen molar-refractivity contribution in [1.82, 2.24) is 5.32 Å². The van der Waals surface area contributed by atoms with Crippen molar-refractivity contribution < 1.29 is 4.74 Å². The molecule has 0 heterocycles. The molecule has 1 aromatic carbocycles. The predicted octanol–water partition coefficient (Wildman–Crippen LogP) is 1.93. The maximum absolute atomic E-state index is 9.06. The summed E-state index contributed by atoms with van der Waals surface area (Å²) in [6.07, 6.45) is 4.48. The summed E-state index contributed by atoms with van der Waals surface area (Å²) in [5.41, 5.74) is 7.60. The van der Waals surface area contributed by atoms with Crippen molar-refractivity contribution >= 4 is 0 Å². The van der Waals surface area contributed by atoms with Crippen molar-refractivity contribution in [1.29, 1.82) is 5.26 Å². The van der Waals surface area contributed by atoms with Crippen molar-refractivity contribution in [3.63, 3.8) is 0 Å². The quantitative estimate of drug-likeness (QED) is 0.866. The Morgan fingerprint density at radius 2 is 2.11 bits per heavy atom. The van der Waals surface area contributed by atoms with Crippen LogP contribution in [0.25, 0.3) is 0 Å². The molecule has 0 bridgehead atoms. The highest BCUT2D eigenvalue weighted by Gasteiger charge is 2.17. The number of hydrogen-bond donors (Lipinski definition) is 2. The Morgan fingerprint density at radius 3 is 2.74 bits per heavy atom. The molecule has 1 aliphatic rings. The number of nitriles is 1. The fourth-order valence-corrected chi connectivity index (χ4v) is 2.54. The SMILES string of the molecule is COc1ccc(CNC2CCC(N)CC2)cc1C#N. The summed E-state index contributed by atoms with van der Waals surface area (Å²) in [7, 11) is 1.58. The fraction of sp³-hybridized carbons (Fsp3) is 0.533. The number of benzene rings is 1. The van der Waals surface area contributed by atoms with Crippen LogP contribution in [-0.2, 0) is 6.54 Å². The Labute approximate surface area is 114 Å². The smallest absolute Gasteiger partial charge is 0.136 e. The molecule has 1 fully saturated rings. The van der Waals surface area contributed by atoms with Crippen molar-refractivity contribution in [2.45, 2.75) is 44.3 Å². The third-order valence-corrected chi connectivity index (χ3v) is 3.75. The van der Waals surface area contributed by atoms with Gasteiger partial charge in [-0.2, -0.15) is 5.26 Å². The first kappa shape index (κ1) is 13.9. The third-order valence-electron chi connectivity index (χ3n) is 3.75. The highest BCUT2D eigenvalue weighted by Crippen LogP contribution is 2.20. The van der Waals surface area contributed by atoms with E-state index in [0.717, 1.165) is 37.8 Å². The number of nitrogens with two attached hydrogens (primary N) is 1. The maximum Gasteiger partial charge on any atom is 0.136 e. The summed E-state index contributed by atoms with van der Waals surface area (Å²) in [5, 5.41) is 12.6.